The molecule has 0 spiro atoms. The third-order valence-corrected chi connectivity index (χ3v) is 7.15. The number of carbonyl (C=O) groups excluding carboxylic acids is 1. The molecule has 0 radical (unpaired) electrons. The number of methoxy groups -OCH3 is 1. The van der Waals surface area contributed by atoms with Crippen molar-refractivity contribution < 1.29 is 27.8 Å². The van der Waals surface area contributed by atoms with Crippen LogP contribution in [0.3, 0.4) is 0 Å². The van der Waals surface area contributed by atoms with Gasteiger partial charge in [-0.2, -0.15) is 0 Å². The van der Waals surface area contributed by atoms with Gasteiger partial charge in [0.1, 0.15) is 11.4 Å². The van der Waals surface area contributed by atoms with Crippen LogP contribution in [0.25, 0.3) is 0 Å². The molecular weight excluding hydrogens is 481 g/mol. The Bertz CT molecular complexity index is 1160. The number of alkyl halides is 2. The lowest BCUT2D eigenvalue weighted by atomic mass is 9.82. The molecule has 0 amide bonds. The number of nitrogens with zero attached hydrogens (tertiary/aromatic N) is 3. The molecule has 11 heteroatoms. The summed E-state index contributed by atoms with van der Waals surface area (Å²) in [5.41, 5.74) is -1.81. The number of thiazole rings is 1. The molecule has 3 heterocycles. The first-order chi connectivity index (χ1) is 16.3. The van der Waals surface area contributed by atoms with Gasteiger partial charge in [0.15, 0.2) is 10.8 Å². The number of aliphatic imine (C=N–C) groups is 1. The number of benzene rings is 1. The second-order valence-electron chi connectivity index (χ2n) is 9.48. The van der Waals surface area contributed by atoms with Crippen molar-refractivity contribution in [2.75, 3.05) is 20.2 Å². The molecule has 1 unspecified atom stereocenters. The lowest BCUT2D eigenvalue weighted by molar-refractivity contribution is -0.137. The van der Waals surface area contributed by atoms with E-state index in [1.165, 1.54) is 61.5 Å². The van der Waals surface area contributed by atoms with E-state index in [1.54, 1.807) is 18.5 Å². The van der Waals surface area contributed by atoms with E-state index in [0.717, 1.165) is 0 Å². The summed E-state index contributed by atoms with van der Waals surface area (Å²) in [5.74, 6) is -3.81. The average molecular weight is 509 g/mol. The zero-order chi connectivity index (χ0) is 25.6. The predicted molar refractivity (Wildman–Crippen MR) is 126 cm³/mol. The van der Waals surface area contributed by atoms with E-state index in [0.29, 0.717) is 22.1 Å². The highest BCUT2D eigenvalue weighted by Gasteiger charge is 2.51. The van der Waals surface area contributed by atoms with Crippen LogP contribution < -0.4 is 5.32 Å². The van der Waals surface area contributed by atoms with Gasteiger partial charge in [-0.05, 0) is 38.5 Å². The molecule has 0 bridgehead atoms. The van der Waals surface area contributed by atoms with Crippen LogP contribution in [0.4, 0.5) is 13.2 Å². The topological polar surface area (TPSA) is 87.0 Å². The number of halogens is 3. The molecule has 2 aliphatic rings. The molecule has 1 fully saturated rings. The minimum Gasteiger partial charge on any atom is -0.466 e. The summed E-state index contributed by atoms with van der Waals surface area (Å²) >= 11 is 1.32. The van der Waals surface area contributed by atoms with Crippen LogP contribution in [0, 0.1) is 5.82 Å². The Kier molecular flexibility index (Phi) is 6.54. The van der Waals surface area contributed by atoms with Crippen molar-refractivity contribution in [1.29, 1.82) is 0 Å². The number of nitrogens with one attached hydrogen (secondary N) is 1. The fourth-order valence-corrected chi connectivity index (χ4v) is 5.30. The maximum Gasteiger partial charge on any atom is 0.338 e. The van der Waals surface area contributed by atoms with E-state index < -0.39 is 47.9 Å². The van der Waals surface area contributed by atoms with Gasteiger partial charge in [-0.3, -0.25) is 4.90 Å². The number of carbonyl (C=O) groups is 1. The second-order valence-corrected chi connectivity index (χ2v) is 10.4. The summed E-state index contributed by atoms with van der Waals surface area (Å²) < 4.78 is 47.7. The van der Waals surface area contributed by atoms with Crippen LogP contribution >= 0.6 is 11.3 Å². The fraction of sp³-hybridized carbons (Fsp3) is 0.458. The van der Waals surface area contributed by atoms with Gasteiger partial charge >= 0.3 is 5.97 Å². The van der Waals surface area contributed by atoms with E-state index in [4.69, 9.17) is 9.73 Å². The number of esters is 1. The number of rotatable bonds is 6. The fourth-order valence-electron chi connectivity index (χ4n) is 4.72. The summed E-state index contributed by atoms with van der Waals surface area (Å²) in [5, 5.41) is 16.0. The van der Waals surface area contributed by atoms with Gasteiger partial charge in [0, 0.05) is 36.3 Å². The number of aromatic nitrogens is 1. The van der Waals surface area contributed by atoms with Gasteiger partial charge in [-0.15, -0.1) is 11.3 Å². The van der Waals surface area contributed by atoms with Crippen molar-refractivity contribution in [3.8, 4) is 0 Å². The number of aliphatic hydroxyl groups is 1. The lowest BCUT2D eigenvalue weighted by Crippen LogP contribution is -2.50. The van der Waals surface area contributed by atoms with Gasteiger partial charge in [-0.1, -0.05) is 12.1 Å². The Morgan fingerprint density at radius 2 is 2.03 bits per heavy atom. The monoisotopic (exact) mass is 508 g/mol. The van der Waals surface area contributed by atoms with Gasteiger partial charge < -0.3 is 15.2 Å². The summed E-state index contributed by atoms with van der Waals surface area (Å²) in [6.45, 7) is 3.98. The van der Waals surface area contributed by atoms with Crippen molar-refractivity contribution in [1.82, 2.24) is 15.2 Å². The number of amidine groups is 1. The van der Waals surface area contributed by atoms with E-state index >= 15 is 0 Å². The largest absolute Gasteiger partial charge is 0.466 e. The third-order valence-electron chi connectivity index (χ3n) is 6.37. The first kappa shape index (κ1) is 25.3. The van der Waals surface area contributed by atoms with Gasteiger partial charge in [0.25, 0.3) is 5.92 Å². The van der Waals surface area contributed by atoms with Crippen molar-refractivity contribution in [2.45, 2.75) is 50.3 Å². The molecule has 0 aliphatic carbocycles. The zero-order valence-electron chi connectivity index (χ0n) is 19.8. The Morgan fingerprint density at radius 3 is 2.60 bits per heavy atom. The second kappa shape index (κ2) is 9.03. The predicted octanol–water partition coefficient (Wildman–Crippen LogP) is 3.46. The molecule has 2 atom stereocenters. The number of hydrogen-bond acceptors (Lipinski definition) is 8. The molecule has 7 nitrogen and oxygen atoms in total. The van der Waals surface area contributed by atoms with Gasteiger partial charge in [0.05, 0.1) is 24.8 Å². The summed E-state index contributed by atoms with van der Waals surface area (Å²) in [4.78, 5) is 23.7. The molecule has 4 rings (SSSR count). The summed E-state index contributed by atoms with van der Waals surface area (Å²) in [6, 6.07) is 4.72. The number of hydrogen-bond donors (Lipinski definition) is 2. The molecule has 188 valence electrons. The highest BCUT2D eigenvalue weighted by atomic mass is 32.1. The lowest BCUT2D eigenvalue weighted by Gasteiger charge is -2.38. The third kappa shape index (κ3) is 4.98. The van der Waals surface area contributed by atoms with E-state index in [1.807, 2.05) is 0 Å². The van der Waals surface area contributed by atoms with Crippen LogP contribution in [-0.4, -0.2) is 64.6 Å². The Hall–Kier alpha value is -2.76. The minimum absolute atomic E-state index is 0.101. The smallest absolute Gasteiger partial charge is 0.338 e. The molecule has 1 aromatic heterocycles. The average Bonchev–Trinajstić information content (AvgIpc) is 3.41. The standard InChI is InChI=1S/C24H27F3N4O3S/c1-22(2,33)17-11-24(26,27)13-31(17)12-16-18(21(32)34-4)23(3,14-5-7-15(25)8-6-14)30-19(29-16)20-28-9-10-35-20/h5-10,17,33H,11-13H2,1-4H3,(H,29,30)/t17?,23-/m0/s1. The van der Waals surface area contributed by atoms with Gasteiger partial charge in [0.2, 0.25) is 0 Å². The summed E-state index contributed by atoms with van der Waals surface area (Å²) in [7, 11) is 1.22. The Morgan fingerprint density at radius 1 is 1.34 bits per heavy atom. The highest BCUT2D eigenvalue weighted by Crippen LogP contribution is 2.41. The molecule has 1 aromatic carbocycles. The summed E-state index contributed by atoms with van der Waals surface area (Å²) in [6.07, 6.45) is 1.09. The first-order valence-electron chi connectivity index (χ1n) is 11.0. The van der Waals surface area contributed by atoms with Crippen LogP contribution in [0.5, 0.6) is 0 Å². The molecule has 35 heavy (non-hydrogen) atoms. The van der Waals surface area contributed by atoms with Crippen molar-refractivity contribution >= 4 is 23.1 Å². The zero-order valence-corrected chi connectivity index (χ0v) is 20.6. The van der Waals surface area contributed by atoms with Crippen LogP contribution in [-0.2, 0) is 15.1 Å². The van der Waals surface area contributed by atoms with Crippen LogP contribution in [0.15, 0.2) is 52.1 Å². The maximum absolute atomic E-state index is 14.5. The van der Waals surface area contributed by atoms with Crippen molar-refractivity contribution in [2.24, 2.45) is 4.99 Å². The molecule has 0 saturated carbocycles. The highest BCUT2D eigenvalue weighted by molar-refractivity contribution is 7.11. The number of likely N-dealkylation sites (tertiary alicyclic amines) is 1. The van der Waals surface area contributed by atoms with Crippen LogP contribution in [0.2, 0.25) is 0 Å². The molecular formula is C24H27F3N4O3S. The van der Waals surface area contributed by atoms with E-state index in [9.17, 15) is 23.1 Å². The molecule has 2 aromatic rings. The van der Waals surface area contributed by atoms with E-state index in [-0.39, 0.29) is 12.1 Å². The quantitative estimate of drug-likeness (QED) is 0.582. The van der Waals surface area contributed by atoms with Crippen molar-refractivity contribution in [3.63, 3.8) is 0 Å². The number of ether oxygens (including phenoxy) is 1. The molecule has 1 saturated heterocycles. The Labute approximate surface area is 205 Å². The SMILES string of the molecule is COC(=O)C1=C(CN2CC(F)(F)CC2C(C)(C)O)NC(c2nccs2)=N[C@@]1(C)c1ccc(F)cc1. The van der Waals surface area contributed by atoms with Crippen molar-refractivity contribution in [3.05, 3.63) is 63.5 Å². The van der Waals surface area contributed by atoms with Gasteiger partial charge in [-0.25, -0.2) is 27.9 Å². The molecule has 2 aliphatic heterocycles. The van der Waals surface area contributed by atoms with Crippen LogP contribution in [0.1, 0.15) is 37.8 Å². The maximum atomic E-state index is 14.5. The Balaban J connectivity index is 1.87. The molecule has 2 N–H and O–H groups in total. The normalized spacial score (nSPS) is 24.8. The minimum atomic E-state index is -3.00. The first-order valence-corrected chi connectivity index (χ1v) is 11.9. The van der Waals surface area contributed by atoms with E-state index in [2.05, 4.69) is 10.3 Å².